The molecule has 0 aliphatic carbocycles. The second kappa shape index (κ2) is 5.02. The first kappa shape index (κ1) is 13.3. The minimum absolute atomic E-state index is 0.273. The zero-order chi connectivity index (χ0) is 11.6. The standard InChI is InChI=1S/C7H16B2O5P/c1-12-3-4-6(14-15(2,9)11)5(10)7(8)13-4/h4-7,10H,3H2,1-2,9H3/q-1/t4-,5+,6?,7-,15?/m1/s1. The number of hydrogen-bond donors (Lipinski definition) is 1. The van der Waals surface area contributed by atoms with E-state index < -0.39 is 39.1 Å². The van der Waals surface area contributed by atoms with Crippen LogP contribution >= 0.6 is 7.25 Å². The Morgan fingerprint density at radius 1 is 1.67 bits per heavy atom. The monoisotopic (exact) mass is 233 g/mol. The van der Waals surface area contributed by atoms with E-state index in [9.17, 15) is 9.67 Å². The maximum atomic E-state index is 11.6. The lowest BCUT2D eigenvalue weighted by molar-refractivity contribution is -0.0100. The molecule has 5 atom stereocenters. The molecular weight excluding hydrogens is 217 g/mol. The highest BCUT2D eigenvalue weighted by atomic mass is 31.2. The van der Waals surface area contributed by atoms with Gasteiger partial charge in [-0.05, 0) is 6.66 Å². The molecule has 1 heterocycles. The van der Waals surface area contributed by atoms with Gasteiger partial charge in [0.15, 0.2) is 0 Å². The molecule has 0 bridgehead atoms. The van der Waals surface area contributed by atoms with Gasteiger partial charge in [-0.15, -0.1) is 0 Å². The van der Waals surface area contributed by atoms with Crippen molar-refractivity contribution in [2.45, 2.75) is 24.3 Å². The Balaban J connectivity index is 2.68. The lowest BCUT2D eigenvalue weighted by atomic mass is 9.93. The summed E-state index contributed by atoms with van der Waals surface area (Å²) in [6, 6.07) is -0.790. The fourth-order valence-electron chi connectivity index (χ4n) is 1.37. The first-order chi connectivity index (χ1) is 6.85. The van der Waals surface area contributed by atoms with Crippen LogP contribution in [-0.4, -0.2) is 65.2 Å². The van der Waals surface area contributed by atoms with Gasteiger partial charge in [-0.3, -0.25) is 0 Å². The molecule has 15 heavy (non-hydrogen) atoms. The molecule has 0 aromatic heterocycles. The molecule has 0 aromatic rings. The van der Waals surface area contributed by atoms with E-state index in [0.717, 1.165) is 0 Å². The predicted octanol–water partition coefficient (Wildman–Crippen LogP) is -1.54. The summed E-state index contributed by atoms with van der Waals surface area (Å²) >= 11 is 0. The average Bonchev–Trinajstić information content (AvgIpc) is 2.32. The number of methoxy groups -OCH3 is 1. The van der Waals surface area contributed by atoms with Crippen LogP contribution in [0, 0.1) is 0 Å². The largest absolute Gasteiger partial charge is 0.388 e. The van der Waals surface area contributed by atoms with Gasteiger partial charge in [0.25, 0.3) is 0 Å². The van der Waals surface area contributed by atoms with Crippen molar-refractivity contribution in [3.8, 4) is 0 Å². The van der Waals surface area contributed by atoms with Crippen molar-refractivity contribution >= 4 is 22.7 Å². The molecule has 0 saturated carbocycles. The molecule has 1 aliphatic heterocycles. The van der Waals surface area contributed by atoms with Crippen LogP contribution in [0.2, 0.25) is 0 Å². The van der Waals surface area contributed by atoms with Gasteiger partial charge in [0, 0.05) is 20.4 Å². The average molecular weight is 233 g/mol. The second-order valence-electron chi connectivity index (χ2n) is 3.09. The first-order valence-corrected chi connectivity index (χ1v) is 5.84. The van der Waals surface area contributed by atoms with Crippen molar-refractivity contribution in [1.29, 1.82) is 0 Å². The zero-order valence-electron chi connectivity index (χ0n) is 8.12. The summed E-state index contributed by atoms with van der Waals surface area (Å²) in [6.07, 6.45) is -2.00. The van der Waals surface area contributed by atoms with E-state index in [-0.39, 0.29) is 6.61 Å². The number of aliphatic hydroxyl groups is 1. The van der Waals surface area contributed by atoms with Crippen LogP contribution in [0.25, 0.3) is 0 Å². The predicted molar refractivity (Wildman–Crippen MR) is 60.6 cm³/mol. The molecule has 5 nitrogen and oxygen atoms in total. The number of hydrogen-bond acceptors (Lipinski definition) is 5. The number of ether oxygens (including phenoxy) is 2. The fraction of sp³-hybridized carbons (Fsp3) is 1.00. The summed E-state index contributed by atoms with van der Waals surface area (Å²) in [6.45, 7) is 1.86. The second-order valence-corrected chi connectivity index (χ2v) is 4.18. The molecule has 2 unspecified atom stereocenters. The number of rotatable bonds is 4. The van der Waals surface area contributed by atoms with Crippen LogP contribution < -0.4 is 0 Å². The summed E-state index contributed by atoms with van der Waals surface area (Å²) in [4.78, 5) is 0. The highest BCUT2D eigenvalue weighted by Gasteiger charge is 2.42. The van der Waals surface area contributed by atoms with Crippen molar-refractivity contribution < 1.29 is 23.7 Å². The van der Waals surface area contributed by atoms with E-state index in [2.05, 4.69) is 0 Å². The molecule has 8 heteroatoms. The molecule has 1 fully saturated rings. The van der Waals surface area contributed by atoms with Crippen LogP contribution in [0.15, 0.2) is 0 Å². The highest BCUT2D eigenvalue weighted by molar-refractivity contribution is 7.82. The van der Waals surface area contributed by atoms with Crippen molar-refractivity contribution in [3.05, 3.63) is 0 Å². The Hall–Kier alpha value is 0.200. The summed E-state index contributed by atoms with van der Waals surface area (Å²) in [5, 5.41) is 9.69. The van der Waals surface area contributed by atoms with Gasteiger partial charge in [-0.25, -0.2) is 0 Å². The minimum atomic E-state index is -2.44. The van der Waals surface area contributed by atoms with E-state index >= 15 is 0 Å². The van der Waals surface area contributed by atoms with Crippen molar-refractivity contribution in [1.82, 2.24) is 0 Å². The Morgan fingerprint density at radius 3 is 2.73 bits per heavy atom. The quantitative estimate of drug-likeness (QED) is 0.470. The molecule has 0 spiro atoms. The van der Waals surface area contributed by atoms with E-state index in [1.54, 1.807) is 6.66 Å². The molecular formula is C7H16B2O5P-. The van der Waals surface area contributed by atoms with Crippen molar-refractivity contribution in [3.63, 3.8) is 0 Å². The molecule has 1 rings (SSSR count). The molecule has 86 valence electrons. The van der Waals surface area contributed by atoms with Crippen LogP contribution in [0.1, 0.15) is 0 Å². The molecule has 1 saturated heterocycles. The van der Waals surface area contributed by atoms with Gasteiger partial charge in [0.2, 0.25) is 0 Å². The van der Waals surface area contributed by atoms with Crippen LogP contribution in [0.4, 0.5) is 0 Å². The van der Waals surface area contributed by atoms with Gasteiger partial charge in [0.1, 0.15) is 26.2 Å². The van der Waals surface area contributed by atoms with Crippen LogP contribution in [0.3, 0.4) is 0 Å². The van der Waals surface area contributed by atoms with Crippen LogP contribution in [0.5, 0.6) is 0 Å². The van der Waals surface area contributed by atoms with E-state index in [1.807, 2.05) is 0 Å². The van der Waals surface area contributed by atoms with Gasteiger partial charge in [-0.1, -0.05) is 0 Å². The van der Waals surface area contributed by atoms with Gasteiger partial charge < -0.3 is 23.7 Å². The maximum Gasteiger partial charge on any atom is 0.117 e. The zero-order valence-corrected chi connectivity index (χ0v) is 9.02. The topological polar surface area (TPSA) is 65.0 Å². The Bertz CT molecular complexity index is 258. The summed E-state index contributed by atoms with van der Waals surface area (Å²) in [5.74, 6) is 0. The third-order valence-electron chi connectivity index (χ3n) is 1.97. The molecule has 1 N–H and O–H groups in total. The van der Waals surface area contributed by atoms with Crippen LogP contribution in [-0.2, 0) is 18.6 Å². The summed E-state index contributed by atoms with van der Waals surface area (Å²) < 4.78 is 27.2. The first-order valence-electron chi connectivity index (χ1n) is 4.22. The highest BCUT2D eigenvalue weighted by Crippen LogP contribution is 2.41. The Labute approximate surface area is 91.7 Å². The van der Waals surface area contributed by atoms with Gasteiger partial charge in [0.05, 0.1) is 14.2 Å². The van der Waals surface area contributed by atoms with Crippen molar-refractivity contribution in [2.75, 3.05) is 20.4 Å². The van der Waals surface area contributed by atoms with E-state index in [0.29, 0.717) is 0 Å². The summed E-state index contributed by atoms with van der Waals surface area (Å²) in [5.41, 5.74) is 0. The molecule has 2 radical (unpaired) electrons. The van der Waals surface area contributed by atoms with Crippen molar-refractivity contribution in [2.24, 2.45) is 0 Å². The molecule has 1 aliphatic rings. The molecule has 0 amide bonds. The smallest absolute Gasteiger partial charge is 0.117 e. The number of aliphatic hydroxyl groups excluding tert-OH is 1. The third-order valence-corrected chi connectivity index (χ3v) is 2.51. The lowest BCUT2D eigenvalue weighted by Crippen LogP contribution is -2.36. The lowest BCUT2D eigenvalue weighted by Gasteiger charge is -2.25. The fourth-order valence-corrected chi connectivity index (χ4v) is 1.97. The normalized spacial score (nSPS) is 40.3. The van der Waals surface area contributed by atoms with E-state index in [4.69, 9.17) is 21.8 Å². The third kappa shape index (κ3) is 3.61. The SMILES string of the molecule is [B][C@@H]1O[C@H](COC)C(OP([BH3-])(C)=O)[C@@H]1O. The van der Waals surface area contributed by atoms with Gasteiger partial charge >= 0.3 is 0 Å². The maximum absolute atomic E-state index is 11.6. The Morgan fingerprint density at radius 2 is 2.27 bits per heavy atom. The molecule has 0 aromatic carbocycles. The Kier molecular flexibility index (Phi) is 4.44. The van der Waals surface area contributed by atoms with E-state index in [1.165, 1.54) is 7.11 Å². The summed E-state index contributed by atoms with van der Waals surface area (Å²) in [7, 11) is 4.20. The minimum Gasteiger partial charge on any atom is -0.388 e. The van der Waals surface area contributed by atoms with Gasteiger partial charge in [-0.2, -0.15) is 0 Å².